The molecule has 6 nitrogen and oxygen atoms in total. The number of para-hydroxylation sites is 1. The molecule has 1 saturated heterocycles. The van der Waals surface area contributed by atoms with Crippen molar-refractivity contribution < 1.29 is 19.1 Å². The Morgan fingerprint density at radius 2 is 1.86 bits per heavy atom. The molecule has 0 bridgehead atoms. The van der Waals surface area contributed by atoms with E-state index < -0.39 is 17.4 Å². The molecule has 1 saturated carbocycles. The van der Waals surface area contributed by atoms with Crippen LogP contribution in [0.1, 0.15) is 19.3 Å². The smallest absolute Gasteiger partial charge is 0.330 e. The van der Waals surface area contributed by atoms with Gasteiger partial charge in [-0.25, -0.2) is 4.79 Å². The summed E-state index contributed by atoms with van der Waals surface area (Å²) in [5.74, 6) is -0.167. The van der Waals surface area contributed by atoms with Gasteiger partial charge in [-0.3, -0.25) is 19.8 Å². The lowest BCUT2D eigenvalue weighted by molar-refractivity contribution is -0.157. The van der Waals surface area contributed by atoms with Crippen LogP contribution < -0.4 is 10.1 Å². The summed E-state index contributed by atoms with van der Waals surface area (Å²) in [6, 6.07) is 8.51. The lowest BCUT2D eigenvalue weighted by Crippen LogP contribution is -2.66. The van der Waals surface area contributed by atoms with Crippen LogP contribution in [0.15, 0.2) is 30.3 Å². The minimum absolute atomic E-state index is 0.134. The topological polar surface area (TPSA) is 75.7 Å². The van der Waals surface area contributed by atoms with Crippen molar-refractivity contribution >= 4 is 17.8 Å². The van der Waals surface area contributed by atoms with Crippen LogP contribution in [0.3, 0.4) is 0 Å². The lowest BCUT2D eigenvalue weighted by Gasteiger charge is -2.44. The number of benzene rings is 1. The molecule has 3 rings (SSSR count). The molecule has 1 heterocycles. The Morgan fingerprint density at radius 1 is 1.14 bits per heavy atom. The molecule has 0 radical (unpaired) electrons. The largest absolute Gasteiger partial charge is 0.492 e. The van der Waals surface area contributed by atoms with Gasteiger partial charge < -0.3 is 4.74 Å². The van der Waals surface area contributed by atoms with Crippen molar-refractivity contribution in [1.82, 2.24) is 10.2 Å². The van der Waals surface area contributed by atoms with E-state index in [1.54, 1.807) is 12.1 Å². The first-order valence-electron chi connectivity index (χ1n) is 6.99. The second kappa shape index (κ2) is 5.20. The molecule has 2 aliphatic rings. The maximum absolute atomic E-state index is 12.4. The number of hydrogen-bond acceptors (Lipinski definition) is 4. The fourth-order valence-corrected chi connectivity index (χ4v) is 2.68. The van der Waals surface area contributed by atoms with E-state index in [9.17, 15) is 14.4 Å². The zero-order valence-corrected chi connectivity index (χ0v) is 11.5. The minimum Gasteiger partial charge on any atom is -0.492 e. The van der Waals surface area contributed by atoms with E-state index in [2.05, 4.69) is 5.32 Å². The van der Waals surface area contributed by atoms with Crippen LogP contribution in [0, 0.1) is 5.41 Å². The van der Waals surface area contributed by atoms with E-state index in [1.165, 1.54) is 0 Å². The third kappa shape index (κ3) is 2.26. The summed E-state index contributed by atoms with van der Waals surface area (Å²) in [5.41, 5.74) is -1.01. The monoisotopic (exact) mass is 288 g/mol. The summed E-state index contributed by atoms with van der Waals surface area (Å²) in [5, 5.41) is 2.27. The number of carbonyl (C=O) groups excluding carboxylic acids is 3. The third-order valence-corrected chi connectivity index (χ3v) is 4.09. The van der Waals surface area contributed by atoms with Crippen molar-refractivity contribution in [2.45, 2.75) is 19.3 Å². The molecule has 6 heteroatoms. The first-order chi connectivity index (χ1) is 10.1. The molecule has 1 N–H and O–H groups in total. The van der Waals surface area contributed by atoms with Gasteiger partial charge in [-0.1, -0.05) is 24.6 Å². The zero-order valence-electron chi connectivity index (χ0n) is 11.5. The predicted octanol–water partition coefficient (Wildman–Crippen LogP) is 1.31. The highest BCUT2D eigenvalue weighted by atomic mass is 16.5. The number of rotatable bonds is 4. The molecule has 110 valence electrons. The van der Waals surface area contributed by atoms with Crippen LogP contribution in [0.4, 0.5) is 4.79 Å². The Labute approximate surface area is 122 Å². The van der Waals surface area contributed by atoms with Crippen molar-refractivity contribution in [2.75, 3.05) is 13.2 Å². The molecule has 1 spiro atoms. The van der Waals surface area contributed by atoms with E-state index in [0.29, 0.717) is 18.6 Å². The van der Waals surface area contributed by atoms with Crippen LogP contribution in [0.5, 0.6) is 5.75 Å². The Hall–Kier alpha value is -2.37. The molecular formula is C15H16N2O4. The lowest BCUT2D eigenvalue weighted by atomic mass is 9.66. The van der Waals surface area contributed by atoms with Gasteiger partial charge in [0.15, 0.2) is 0 Å². The van der Waals surface area contributed by atoms with Crippen LogP contribution in [-0.4, -0.2) is 35.9 Å². The van der Waals surface area contributed by atoms with Gasteiger partial charge in [0.2, 0.25) is 11.8 Å². The zero-order chi connectivity index (χ0) is 14.9. The molecule has 1 aliphatic heterocycles. The van der Waals surface area contributed by atoms with E-state index in [0.717, 1.165) is 11.3 Å². The summed E-state index contributed by atoms with van der Waals surface area (Å²) in [7, 11) is 0. The van der Waals surface area contributed by atoms with Crippen molar-refractivity contribution in [3.8, 4) is 5.75 Å². The minimum atomic E-state index is -1.01. The van der Waals surface area contributed by atoms with Crippen molar-refractivity contribution in [1.29, 1.82) is 0 Å². The predicted molar refractivity (Wildman–Crippen MR) is 73.5 cm³/mol. The van der Waals surface area contributed by atoms with Crippen LogP contribution in [-0.2, 0) is 9.59 Å². The van der Waals surface area contributed by atoms with Gasteiger partial charge in [0.05, 0.1) is 6.54 Å². The maximum Gasteiger partial charge on any atom is 0.330 e. The van der Waals surface area contributed by atoms with Gasteiger partial charge in [0, 0.05) is 0 Å². The number of carbonyl (C=O) groups is 3. The van der Waals surface area contributed by atoms with Gasteiger partial charge >= 0.3 is 6.03 Å². The van der Waals surface area contributed by atoms with E-state index in [1.807, 2.05) is 18.2 Å². The summed E-state index contributed by atoms with van der Waals surface area (Å²) in [6.45, 7) is 0.335. The summed E-state index contributed by atoms with van der Waals surface area (Å²) in [6.07, 6.45) is 1.86. The second-order valence-corrected chi connectivity index (χ2v) is 5.31. The number of ether oxygens (including phenoxy) is 1. The summed E-state index contributed by atoms with van der Waals surface area (Å²) < 4.78 is 5.49. The van der Waals surface area contributed by atoms with Crippen molar-refractivity contribution in [3.05, 3.63) is 30.3 Å². The quantitative estimate of drug-likeness (QED) is 0.848. The SMILES string of the molecule is O=C1NC(=O)C2(CCC2)C(=O)N1CCOc1ccccc1. The number of nitrogens with one attached hydrogen (secondary N) is 1. The highest BCUT2D eigenvalue weighted by Gasteiger charge is 2.57. The highest BCUT2D eigenvalue weighted by molar-refractivity contribution is 6.19. The molecule has 21 heavy (non-hydrogen) atoms. The molecule has 0 aromatic heterocycles. The average Bonchev–Trinajstić information content (AvgIpc) is 2.42. The third-order valence-electron chi connectivity index (χ3n) is 4.09. The molecule has 0 atom stereocenters. The number of hydrogen-bond donors (Lipinski definition) is 1. The van der Waals surface area contributed by atoms with Crippen molar-refractivity contribution in [3.63, 3.8) is 0 Å². The Kier molecular flexibility index (Phi) is 3.37. The fourth-order valence-electron chi connectivity index (χ4n) is 2.68. The van der Waals surface area contributed by atoms with Gasteiger partial charge in [-0.15, -0.1) is 0 Å². The van der Waals surface area contributed by atoms with Crippen LogP contribution in [0.2, 0.25) is 0 Å². The van der Waals surface area contributed by atoms with Gasteiger partial charge in [-0.05, 0) is 25.0 Å². The van der Waals surface area contributed by atoms with Crippen LogP contribution >= 0.6 is 0 Å². The van der Waals surface area contributed by atoms with Gasteiger partial charge in [0.25, 0.3) is 0 Å². The summed E-state index contributed by atoms with van der Waals surface area (Å²) in [4.78, 5) is 37.1. The second-order valence-electron chi connectivity index (χ2n) is 5.31. The van der Waals surface area contributed by atoms with E-state index in [-0.39, 0.29) is 19.1 Å². The Morgan fingerprint density at radius 3 is 2.48 bits per heavy atom. The summed E-state index contributed by atoms with van der Waals surface area (Å²) >= 11 is 0. The van der Waals surface area contributed by atoms with E-state index in [4.69, 9.17) is 4.74 Å². The van der Waals surface area contributed by atoms with E-state index >= 15 is 0 Å². The van der Waals surface area contributed by atoms with Crippen LogP contribution in [0.25, 0.3) is 0 Å². The molecule has 4 amide bonds. The molecule has 1 aromatic rings. The van der Waals surface area contributed by atoms with Gasteiger partial charge in [-0.2, -0.15) is 0 Å². The molecule has 1 aromatic carbocycles. The molecule has 0 unspecified atom stereocenters. The highest BCUT2D eigenvalue weighted by Crippen LogP contribution is 2.44. The molecule has 1 aliphatic carbocycles. The first kappa shape index (κ1) is 13.6. The number of barbiturate groups is 1. The first-order valence-corrected chi connectivity index (χ1v) is 6.99. The van der Waals surface area contributed by atoms with Gasteiger partial charge in [0.1, 0.15) is 17.8 Å². The number of nitrogens with zero attached hydrogens (tertiary/aromatic N) is 1. The number of amides is 4. The molecular weight excluding hydrogens is 272 g/mol. The normalized spacial score (nSPS) is 20.2. The standard InChI is InChI=1S/C15H16N2O4/c18-12-15(7-4-8-15)13(19)17(14(20)16-12)9-10-21-11-5-2-1-3-6-11/h1-3,5-6H,4,7-10H2,(H,16,18,20). The van der Waals surface area contributed by atoms with Crippen molar-refractivity contribution in [2.24, 2.45) is 5.41 Å². The number of urea groups is 1. The Balaban J connectivity index is 1.63. The molecule has 2 fully saturated rings. The maximum atomic E-state index is 12.4. The average molecular weight is 288 g/mol. The fraction of sp³-hybridized carbons (Fsp3) is 0.400. The Bertz CT molecular complexity index is 581. The number of imide groups is 2.